The summed E-state index contributed by atoms with van der Waals surface area (Å²) >= 11 is 0. The van der Waals surface area contributed by atoms with E-state index in [-0.39, 0.29) is 42.8 Å². The molecule has 0 unspecified atom stereocenters. The van der Waals surface area contributed by atoms with Crippen molar-refractivity contribution in [3.8, 4) is 0 Å². The zero-order chi connectivity index (χ0) is 23.1. The van der Waals surface area contributed by atoms with Crippen molar-refractivity contribution in [2.24, 2.45) is 23.7 Å². The molecule has 5 atom stereocenters. The molecule has 2 amide bonds. The summed E-state index contributed by atoms with van der Waals surface area (Å²) in [6.45, 7) is 4.82. The van der Waals surface area contributed by atoms with Gasteiger partial charge in [0, 0.05) is 25.6 Å². The molecule has 1 aliphatic heterocycles. The first kappa shape index (κ1) is 24.0. The number of amides is 2. The van der Waals surface area contributed by atoms with Gasteiger partial charge >= 0.3 is 5.97 Å². The van der Waals surface area contributed by atoms with Crippen molar-refractivity contribution < 1.29 is 24.2 Å². The number of benzene rings is 1. The van der Waals surface area contributed by atoms with Crippen molar-refractivity contribution in [1.82, 2.24) is 10.2 Å². The number of allylic oxidation sites excluding steroid dienone is 1. The van der Waals surface area contributed by atoms with Gasteiger partial charge in [0.15, 0.2) is 0 Å². The minimum atomic E-state index is -0.661. The normalized spacial score (nSPS) is 26.7. The lowest BCUT2D eigenvalue weighted by molar-refractivity contribution is -0.155. The van der Waals surface area contributed by atoms with Crippen LogP contribution in [-0.2, 0) is 25.7 Å². The number of carbonyl (C=O) groups is 3. The second-order valence-corrected chi connectivity index (χ2v) is 8.59. The van der Waals surface area contributed by atoms with Crippen LogP contribution in [0.15, 0.2) is 42.5 Å². The second-order valence-electron chi connectivity index (χ2n) is 8.59. The number of aliphatic hydroxyl groups is 1. The number of hydrogen-bond donors (Lipinski definition) is 2. The summed E-state index contributed by atoms with van der Waals surface area (Å²) in [6.07, 6.45) is 5.98. The van der Waals surface area contributed by atoms with Gasteiger partial charge in [0.2, 0.25) is 11.8 Å². The number of carbonyl (C=O) groups excluding carboxylic acids is 3. The van der Waals surface area contributed by atoms with E-state index in [4.69, 9.17) is 9.84 Å². The van der Waals surface area contributed by atoms with Crippen LogP contribution in [0.25, 0.3) is 0 Å². The van der Waals surface area contributed by atoms with E-state index in [2.05, 4.69) is 5.32 Å². The van der Waals surface area contributed by atoms with Gasteiger partial charge in [-0.3, -0.25) is 14.4 Å². The van der Waals surface area contributed by atoms with E-state index >= 15 is 0 Å². The Morgan fingerprint density at radius 2 is 1.88 bits per heavy atom. The molecule has 1 aromatic carbocycles. The van der Waals surface area contributed by atoms with E-state index < -0.39 is 17.9 Å². The number of esters is 1. The molecule has 0 radical (unpaired) electrons. The van der Waals surface area contributed by atoms with Crippen molar-refractivity contribution in [2.75, 3.05) is 19.8 Å². The Hall–Kier alpha value is -2.67. The Labute approximate surface area is 189 Å². The number of nitrogens with zero attached hydrogens (tertiary/aromatic N) is 1. The number of likely N-dealkylation sites (tertiary alicyclic amines) is 1. The maximum absolute atomic E-state index is 13.5. The zero-order valence-electron chi connectivity index (χ0n) is 18.9. The number of ether oxygens (including phenoxy) is 1. The van der Waals surface area contributed by atoms with Crippen molar-refractivity contribution in [1.29, 1.82) is 0 Å². The molecule has 7 nitrogen and oxygen atoms in total. The molecule has 0 aromatic heterocycles. The second kappa shape index (κ2) is 11.3. The summed E-state index contributed by atoms with van der Waals surface area (Å²) < 4.78 is 5.29. The van der Waals surface area contributed by atoms with Crippen molar-refractivity contribution >= 4 is 17.8 Å². The molecule has 174 valence electrons. The third-order valence-corrected chi connectivity index (χ3v) is 6.47. The Morgan fingerprint density at radius 3 is 2.56 bits per heavy atom. The fourth-order valence-electron chi connectivity index (χ4n) is 4.89. The van der Waals surface area contributed by atoms with Crippen molar-refractivity contribution in [2.45, 2.75) is 45.7 Å². The van der Waals surface area contributed by atoms with Gasteiger partial charge in [0.1, 0.15) is 6.04 Å². The van der Waals surface area contributed by atoms with Gasteiger partial charge in [-0.25, -0.2) is 0 Å². The first-order chi connectivity index (χ1) is 15.5. The highest BCUT2D eigenvalue weighted by molar-refractivity contribution is 5.96. The van der Waals surface area contributed by atoms with Crippen LogP contribution in [0.4, 0.5) is 0 Å². The molecular weight excluding hydrogens is 408 g/mol. The standard InChI is InChI=1S/C25H34N2O5/c1-3-32-25(31)20-17(2)12-13-19-21(20)24(30)27(14-8-5-9-15-28)22(19)23(29)26-16-18-10-6-4-7-11-18/h4,6-7,10-13,17,19-22,28H,3,5,8-9,14-16H2,1-2H3,(H,26,29)/t17-,19+,20-,21-,22+/m1/s1. The minimum Gasteiger partial charge on any atom is -0.466 e. The summed E-state index contributed by atoms with van der Waals surface area (Å²) in [7, 11) is 0. The average Bonchev–Trinajstić information content (AvgIpc) is 3.07. The molecule has 1 aliphatic carbocycles. The van der Waals surface area contributed by atoms with E-state index in [9.17, 15) is 14.4 Å². The predicted octanol–water partition coefficient (Wildman–Crippen LogP) is 2.29. The monoisotopic (exact) mass is 442 g/mol. The van der Waals surface area contributed by atoms with Gasteiger partial charge in [0.05, 0.1) is 18.4 Å². The molecule has 2 N–H and O–H groups in total. The van der Waals surface area contributed by atoms with E-state index in [0.29, 0.717) is 25.9 Å². The average molecular weight is 443 g/mol. The summed E-state index contributed by atoms with van der Waals surface area (Å²) in [4.78, 5) is 41.2. The molecule has 1 aromatic rings. The minimum absolute atomic E-state index is 0.103. The van der Waals surface area contributed by atoms with Crippen LogP contribution in [0.5, 0.6) is 0 Å². The van der Waals surface area contributed by atoms with Crippen LogP contribution in [0.2, 0.25) is 0 Å². The third kappa shape index (κ3) is 5.21. The lowest BCUT2D eigenvalue weighted by Crippen LogP contribution is -2.47. The molecule has 0 saturated carbocycles. The predicted molar refractivity (Wildman–Crippen MR) is 120 cm³/mol. The largest absolute Gasteiger partial charge is 0.466 e. The van der Waals surface area contributed by atoms with Crippen molar-refractivity contribution in [3.63, 3.8) is 0 Å². The molecule has 2 aliphatic rings. The fourth-order valence-corrected chi connectivity index (χ4v) is 4.89. The molecule has 1 heterocycles. The van der Waals surface area contributed by atoms with Gasteiger partial charge < -0.3 is 20.1 Å². The summed E-state index contributed by atoms with van der Waals surface area (Å²) in [5.74, 6) is -2.45. The first-order valence-electron chi connectivity index (χ1n) is 11.6. The van der Waals surface area contributed by atoms with Crippen LogP contribution in [0.3, 0.4) is 0 Å². The topological polar surface area (TPSA) is 95.9 Å². The summed E-state index contributed by atoms with van der Waals surface area (Å²) in [6, 6.07) is 8.97. The number of nitrogens with one attached hydrogen (secondary N) is 1. The van der Waals surface area contributed by atoms with Gasteiger partial charge in [-0.05, 0) is 37.7 Å². The highest BCUT2D eigenvalue weighted by atomic mass is 16.5. The molecule has 0 bridgehead atoms. The number of rotatable bonds is 10. The van der Waals surface area contributed by atoms with Crippen LogP contribution in [0, 0.1) is 23.7 Å². The lowest BCUT2D eigenvalue weighted by atomic mass is 9.70. The van der Waals surface area contributed by atoms with Gasteiger partial charge in [-0.15, -0.1) is 0 Å². The molecule has 3 rings (SSSR count). The quantitative estimate of drug-likeness (QED) is 0.329. The Balaban J connectivity index is 1.83. The maximum atomic E-state index is 13.5. The van der Waals surface area contributed by atoms with Crippen LogP contribution >= 0.6 is 0 Å². The highest BCUT2D eigenvalue weighted by Crippen LogP contribution is 2.44. The molecular formula is C25H34N2O5. The van der Waals surface area contributed by atoms with E-state index in [1.165, 1.54) is 0 Å². The third-order valence-electron chi connectivity index (χ3n) is 6.47. The van der Waals surface area contributed by atoms with Gasteiger partial charge in [-0.1, -0.05) is 49.4 Å². The Morgan fingerprint density at radius 1 is 1.12 bits per heavy atom. The van der Waals surface area contributed by atoms with Crippen LogP contribution in [-0.4, -0.2) is 53.6 Å². The number of unbranched alkanes of at least 4 members (excludes halogenated alkanes) is 2. The Bertz CT molecular complexity index is 825. The molecule has 7 heteroatoms. The summed E-state index contributed by atoms with van der Waals surface area (Å²) in [5.41, 5.74) is 0.980. The number of fused-ring (bicyclic) bond motifs is 1. The smallest absolute Gasteiger partial charge is 0.310 e. The van der Waals surface area contributed by atoms with Crippen molar-refractivity contribution in [3.05, 3.63) is 48.0 Å². The lowest BCUT2D eigenvalue weighted by Gasteiger charge is -2.32. The zero-order valence-corrected chi connectivity index (χ0v) is 18.9. The van der Waals surface area contributed by atoms with E-state index in [0.717, 1.165) is 12.0 Å². The number of aliphatic hydroxyl groups excluding tert-OH is 1. The number of hydrogen-bond acceptors (Lipinski definition) is 5. The molecule has 1 fully saturated rings. The fraction of sp³-hybridized carbons (Fsp3) is 0.560. The SMILES string of the molecule is CCOC(=O)[C@H]1[C@@H]2C(=O)N(CCCCCO)[C@H](C(=O)NCc3ccccc3)[C@H]2C=C[C@H]1C. The molecule has 1 saturated heterocycles. The van der Waals surface area contributed by atoms with Crippen LogP contribution in [0.1, 0.15) is 38.7 Å². The van der Waals surface area contributed by atoms with E-state index in [1.807, 2.05) is 49.4 Å². The van der Waals surface area contributed by atoms with Crippen LogP contribution < -0.4 is 5.32 Å². The maximum Gasteiger partial charge on any atom is 0.310 e. The van der Waals surface area contributed by atoms with Gasteiger partial charge in [0.25, 0.3) is 0 Å². The van der Waals surface area contributed by atoms with Gasteiger partial charge in [-0.2, -0.15) is 0 Å². The summed E-state index contributed by atoms with van der Waals surface area (Å²) in [5, 5.41) is 12.1. The highest BCUT2D eigenvalue weighted by Gasteiger charge is 2.56. The molecule has 0 spiro atoms. The first-order valence-corrected chi connectivity index (χ1v) is 11.6. The Kier molecular flexibility index (Phi) is 8.45. The van der Waals surface area contributed by atoms with E-state index in [1.54, 1.807) is 11.8 Å². The molecule has 32 heavy (non-hydrogen) atoms.